The zero-order valence-corrected chi connectivity index (χ0v) is 15.8. The molecule has 0 amide bonds. The van der Waals surface area contributed by atoms with Crippen LogP contribution in [0.5, 0.6) is 0 Å². The molecule has 2 nitrogen and oxygen atoms in total. The number of hydrogen-bond acceptors (Lipinski definition) is 2. The van der Waals surface area contributed by atoms with E-state index in [0.717, 1.165) is 26.1 Å². The monoisotopic (exact) mass is 349 g/mol. The van der Waals surface area contributed by atoms with Crippen molar-refractivity contribution in [3.8, 4) is 0 Å². The van der Waals surface area contributed by atoms with Gasteiger partial charge in [0, 0.05) is 18.6 Å². The predicted molar refractivity (Wildman–Crippen MR) is 107 cm³/mol. The molecule has 4 rings (SSSR count). The average Bonchev–Trinajstić information content (AvgIpc) is 3.14. The molecule has 0 radical (unpaired) electrons. The Hall–Kier alpha value is -1.64. The fraction of sp³-hybridized carbons (Fsp3) is 0.500. The van der Waals surface area contributed by atoms with E-state index >= 15 is 0 Å². The number of rotatable bonds is 6. The third-order valence-electron chi connectivity index (χ3n) is 6.50. The first-order chi connectivity index (χ1) is 12.8. The van der Waals surface area contributed by atoms with Gasteiger partial charge < -0.3 is 10.1 Å². The first-order valence-corrected chi connectivity index (χ1v) is 10.2. The Morgan fingerprint density at radius 3 is 2.27 bits per heavy atom. The molecule has 1 atom stereocenters. The van der Waals surface area contributed by atoms with Gasteiger partial charge in [0.25, 0.3) is 0 Å². The van der Waals surface area contributed by atoms with Gasteiger partial charge in [-0.1, -0.05) is 73.5 Å². The van der Waals surface area contributed by atoms with Crippen molar-refractivity contribution in [2.75, 3.05) is 13.2 Å². The van der Waals surface area contributed by atoms with Gasteiger partial charge in [-0.25, -0.2) is 0 Å². The molecule has 1 heterocycles. The second kappa shape index (κ2) is 7.94. The topological polar surface area (TPSA) is 21.3 Å². The summed E-state index contributed by atoms with van der Waals surface area (Å²) in [5.74, 6) is 0. The molecule has 0 unspecified atom stereocenters. The zero-order valence-electron chi connectivity index (χ0n) is 15.8. The Morgan fingerprint density at radius 1 is 0.846 bits per heavy atom. The van der Waals surface area contributed by atoms with Gasteiger partial charge >= 0.3 is 0 Å². The largest absolute Gasteiger partial charge is 0.375 e. The van der Waals surface area contributed by atoms with Gasteiger partial charge in [-0.3, -0.25) is 0 Å². The van der Waals surface area contributed by atoms with Crippen LogP contribution in [0.3, 0.4) is 0 Å². The maximum atomic E-state index is 6.36. The molecule has 2 aliphatic rings. The van der Waals surface area contributed by atoms with E-state index in [0.29, 0.717) is 0 Å². The van der Waals surface area contributed by atoms with Gasteiger partial charge in [-0.15, -0.1) is 0 Å². The molecule has 1 spiro atoms. The maximum Gasteiger partial charge on any atom is 0.0691 e. The summed E-state index contributed by atoms with van der Waals surface area (Å²) in [5, 5.41) is 3.68. The van der Waals surface area contributed by atoms with Crippen molar-refractivity contribution in [1.82, 2.24) is 5.32 Å². The van der Waals surface area contributed by atoms with Crippen molar-refractivity contribution in [3.63, 3.8) is 0 Å². The Morgan fingerprint density at radius 2 is 1.54 bits per heavy atom. The lowest BCUT2D eigenvalue weighted by Gasteiger charge is -2.47. The van der Waals surface area contributed by atoms with E-state index in [-0.39, 0.29) is 11.0 Å². The SMILES string of the molecule is c1ccc(CNCC[C@@]2(c3ccccc3)CCOC3(CCCC3)C2)cc1. The highest BCUT2D eigenvalue weighted by Crippen LogP contribution is 2.49. The Labute approximate surface area is 158 Å². The number of hydrogen-bond donors (Lipinski definition) is 1. The molecule has 2 fully saturated rings. The molecule has 0 aromatic heterocycles. The second-order valence-corrected chi connectivity index (χ2v) is 8.22. The molecule has 1 aliphatic heterocycles. The van der Waals surface area contributed by atoms with E-state index in [1.54, 1.807) is 0 Å². The average molecular weight is 350 g/mol. The standard InChI is InChI=1S/C24H31NO/c1-3-9-21(10-4-1)19-25-17-15-23(22-11-5-2-6-12-22)16-18-26-24(20-23)13-7-8-14-24/h1-6,9-12,25H,7-8,13-20H2/t23-/m1/s1. The first kappa shape index (κ1) is 17.8. The smallest absolute Gasteiger partial charge is 0.0691 e. The third kappa shape index (κ3) is 3.87. The highest BCUT2D eigenvalue weighted by atomic mass is 16.5. The normalized spacial score (nSPS) is 24.8. The van der Waals surface area contributed by atoms with Crippen LogP contribution >= 0.6 is 0 Å². The van der Waals surface area contributed by atoms with Gasteiger partial charge in [0.1, 0.15) is 0 Å². The van der Waals surface area contributed by atoms with E-state index in [1.165, 1.54) is 49.7 Å². The number of nitrogens with one attached hydrogen (secondary N) is 1. The lowest BCUT2D eigenvalue weighted by atomic mass is 9.66. The molecule has 2 aromatic rings. The minimum atomic E-state index is 0.146. The van der Waals surface area contributed by atoms with E-state index < -0.39 is 0 Å². The third-order valence-corrected chi connectivity index (χ3v) is 6.50. The molecular formula is C24H31NO. The summed E-state index contributed by atoms with van der Waals surface area (Å²) in [6, 6.07) is 21.9. The minimum absolute atomic E-state index is 0.146. The van der Waals surface area contributed by atoms with Crippen LogP contribution in [0.15, 0.2) is 60.7 Å². The van der Waals surface area contributed by atoms with Crippen molar-refractivity contribution in [2.24, 2.45) is 0 Å². The molecule has 1 aliphatic carbocycles. The molecule has 1 N–H and O–H groups in total. The van der Waals surface area contributed by atoms with Crippen molar-refractivity contribution < 1.29 is 4.74 Å². The van der Waals surface area contributed by atoms with Crippen LogP contribution in [0, 0.1) is 0 Å². The number of ether oxygens (including phenoxy) is 1. The van der Waals surface area contributed by atoms with E-state index in [4.69, 9.17) is 4.74 Å². The Balaban J connectivity index is 1.46. The predicted octanol–water partition coefficient (Wildman–Crippen LogP) is 5.23. The van der Waals surface area contributed by atoms with Gasteiger partial charge in [-0.05, 0) is 49.8 Å². The summed E-state index contributed by atoms with van der Waals surface area (Å²) < 4.78 is 6.36. The second-order valence-electron chi connectivity index (χ2n) is 8.22. The highest BCUT2D eigenvalue weighted by molar-refractivity contribution is 5.27. The summed E-state index contributed by atoms with van der Waals surface area (Å²) in [4.78, 5) is 0. The number of benzene rings is 2. The first-order valence-electron chi connectivity index (χ1n) is 10.2. The molecule has 0 bridgehead atoms. The molecule has 1 saturated heterocycles. The quantitative estimate of drug-likeness (QED) is 0.721. The molecule has 26 heavy (non-hydrogen) atoms. The minimum Gasteiger partial charge on any atom is -0.375 e. The van der Waals surface area contributed by atoms with Crippen LogP contribution in [0.25, 0.3) is 0 Å². The summed E-state index contributed by atoms with van der Waals surface area (Å²) >= 11 is 0. The fourth-order valence-electron chi connectivity index (χ4n) is 5.11. The van der Waals surface area contributed by atoms with E-state index in [2.05, 4.69) is 66.0 Å². The van der Waals surface area contributed by atoms with E-state index in [9.17, 15) is 0 Å². The molecule has 1 saturated carbocycles. The van der Waals surface area contributed by atoms with E-state index in [1.807, 2.05) is 0 Å². The summed E-state index contributed by atoms with van der Waals surface area (Å²) in [5.41, 5.74) is 3.28. The van der Waals surface area contributed by atoms with Crippen LogP contribution in [0.2, 0.25) is 0 Å². The van der Waals surface area contributed by atoms with Crippen molar-refractivity contribution in [3.05, 3.63) is 71.8 Å². The summed E-state index contributed by atoms with van der Waals surface area (Å²) in [7, 11) is 0. The molecule has 138 valence electrons. The van der Waals surface area contributed by atoms with Crippen LogP contribution in [-0.2, 0) is 16.7 Å². The molecule has 2 aromatic carbocycles. The highest BCUT2D eigenvalue weighted by Gasteiger charge is 2.47. The molecule has 2 heteroatoms. The lowest BCUT2D eigenvalue weighted by molar-refractivity contribution is -0.103. The van der Waals surface area contributed by atoms with Gasteiger partial charge in [0.2, 0.25) is 0 Å². The maximum absolute atomic E-state index is 6.36. The van der Waals surface area contributed by atoms with Crippen LogP contribution in [-0.4, -0.2) is 18.8 Å². The Kier molecular flexibility index (Phi) is 5.42. The van der Waals surface area contributed by atoms with Crippen molar-refractivity contribution >= 4 is 0 Å². The summed E-state index contributed by atoms with van der Waals surface area (Å²) in [6.45, 7) is 2.92. The summed E-state index contributed by atoms with van der Waals surface area (Å²) in [6.07, 6.45) is 8.68. The molecular weight excluding hydrogens is 318 g/mol. The van der Waals surface area contributed by atoms with Gasteiger partial charge in [0.05, 0.1) is 5.60 Å². The van der Waals surface area contributed by atoms with Crippen molar-refractivity contribution in [2.45, 2.75) is 62.5 Å². The lowest BCUT2D eigenvalue weighted by Crippen LogP contribution is -2.47. The van der Waals surface area contributed by atoms with Crippen LogP contribution in [0.1, 0.15) is 56.1 Å². The van der Waals surface area contributed by atoms with Crippen LogP contribution < -0.4 is 5.32 Å². The van der Waals surface area contributed by atoms with Crippen LogP contribution in [0.4, 0.5) is 0 Å². The zero-order chi connectivity index (χ0) is 17.7. The Bertz CT molecular complexity index is 678. The van der Waals surface area contributed by atoms with Gasteiger partial charge in [-0.2, -0.15) is 0 Å². The van der Waals surface area contributed by atoms with Crippen molar-refractivity contribution in [1.29, 1.82) is 0 Å². The van der Waals surface area contributed by atoms with Gasteiger partial charge in [0.15, 0.2) is 0 Å². The fourth-order valence-corrected chi connectivity index (χ4v) is 5.11.